The largest absolute Gasteiger partial charge is 0.322 e. The highest BCUT2D eigenvalue weighted by atomic mass is 79.9. The highest BCUT2D eigenvalue weighted by Gasteiger charge is 2.11. The van der Waals surface area contributed by atoms with Gasteiger partial charge in [0, 0.05) is 20.7 Å². The molecular formula is C20H15BrClNOS. The molecule has 0 aromatic heterocycles. The predicted molar refractivity (Wildman–Crippen MR) is 111 cm³/mol. The summed E-state index contributed by atoms with van der Waals surface area (Å²) in [5, 5.41) is 3.51. The van der Waals surface area contributed by atoms with Crippen LogP contribution >= 0.6 is 40.2 Å². The molecular weight excluding hydrogens is 418 g/mol. The molecule has 3 aromatic rings. The minimum atomic E-state index is -0.146. The SMILES string of the molecule is O=C(Nc1cccc(Br)c1)c1ccc(C(S)c2ccc(Cl)cc2)cc1. The smallest absolute Gasteiger partial charge is 0.255 e. The Morgan fingerprint density at radius 1 is 0.960 bits per heavy atom. The number of amides is 1. The first kappa shape index (κ1) is 18.1. The number of anilines is 1. The van der Waals surface area contributed by atoms with Crippen molar-refractivity contribution in [3.05, 3.63) is 99.0 Å². The topological polar surface area (TPSA) is 29.1 Å². The number of carbonyl (C=O) groups is 1. The lowest BCUT2D eigenvalue weighted by Crippen LogP contribution is -2.11. The monoisotopic (exact) mass is 431 g/mol. The van der Waals surface area contributed by atoms with Crippen molar-refractivity contribution < 1.29 is 4.79 Å². The minimum Gasteiger partial charge on any atom is -0.322 e. The second-order valence-electron chi connectivity index (χ2n) is 5.54. The molecule has 0 saturated carbocycles. The average molecular weight is 433 g/mol. The number of carbonyl (C=O) groups excluding carboxylic acids is 1. The van der Waals surface area contributed by atoms with Gasteiger partial charge in [0.25, 0.3) is 5.91 Å². The van der Waals surface area contributed by atoms with Gasteiger partial charge in [0.1, 0.15) is 0 Å². The van der Waals surface area contributed by atoms with E-state index in [-0.39, 0.29) is 11.2 Å². The fourth-order valence-corrected chi connectivity index (χ4v) is 3.29. The molecule has 25 heavy (non-hydrogen) atoms. The third kappa shape index (κ3) is 4.66. The van der Waals surface area contributed by atoms with Gasteiger partial charge in [-0.15, -0.1) is 0 Å². The molecule has 1 atom stereocenters. The summed E-state index contributed by atoms with van der Waals surface area (Å²) in [5.74, 6) is -0.146. The Bertz CT molecular complexity index is 881. The van der Waals surface area contributed by atoms with E-state index in [4.69, 9.17) is 11.6 Å². The number of hydrogen-bond donors (Lipinski definition) is 2. The summed E-state index contributed by atoms with van der Waals surface area (Å²) in [6, 6.07) is 22.5. The molecule has 0 aliphatic carbocycles. The van der Waals surface area contributed by atoms with Crippen LogP contribution in [0.2, 0.25) is 5.02 Å². The Hall–Kier alpha value is -1.75. The molecule has 0 fully saturated rings. The number of rotatable bonds is 4. The van der Waals surface area contributed by atoms with Gasteiger partial charge in [-0.05, 0) is 53.6 Å². The number of halogens is 2. The molecule has 0 saturated heterocycles. The van der Waals surface area contributed by atoms with Crippen LogP contribution in [-0.4, -0.2) is 5.91 Å². The third-order valence-corrected chi connectivity index (χ3v) is 5.10. The molecule has 2 nitrogen and oxygen atoms in total. The zero-order valence-electron chi connectivity index (χ0n) is 13.1. The molecule has 3 rings (SSSR count). The minimum absolute atomic E-state index is 0.0699. The zero-order chi connectivity index (χ0) is 17.8. The molecule has 0 aliphatic heterocycles. The van der Waals surface area contributed by atoms with Crippen molar-refractivity contribution in [3.63, 3.8) is 0 Å². The highest BCUT2D eigenvalue weighted by Crippen LogP contribution is 2.29. The molecule has 0 bridgehead atoms. The summed E-state index contributed by atoms with van der Waals surface area (Å²) in [4.78, 5) is 12.4. The maximum Gasteiger partial charge on any atom is 0.255 e. The zero-order valence-corrected chi connectivity index (χ0v) is 16.4. The Kier molecular flexibility index (Phi) is 5.84. The lowest BCUT2D eigenvalue weighted by Gasteiger charge is -2.12. The third-order valence-electron chi connectivity index (χ3n) is 3.76. The Morgan fingerprint density at radius 2 is 1.56 bits per heavy atom. The van der Waals surface area contributed by atoms with Crippen LogP contribution in [0.1, 0.15) is 26.7 Å². The van der Waals surface area contributed by atoms with Crippen LogP contribution in [0, 0.1) is 0 Å². The summed E-state index contributed by atoms with van der Waals surface area (Å²) in [6.45, 7) is 0. The fourth-order valence-electron chi connectivity index (χ4n) is 2.42. The van der Waals surface area contributed by atoms with E-state index in [1.807, 2.05) is 72.8 Å². The summed E-state index contributed by atoms with van der Waals surface area (Å²) in [6.07, 6.45) is 0. The van der Waals surface area contributed by atoms with Gasteiger partial charge in [0.05, 0.1) is 5.25 Å². The standard InChI is InChI=1S/C20H15BrClNOS/c21-16-2-1-3-18(12-16)23-20(24)15-6-4-13(5-7-15)19(25)14-8-10-17(22)11-9-14/h1-12,19,25H,(H,23,24). The molecule has 0 radical (unpaired) electrons. The molecule has 1 amide bonds. The number of thiol groups is 1. The Labute approximate surface area is 165 Å². The van der Waals surface area contributed by atoms with Gasteiger partial charge in [-0.2, -0.15) is 12.6 Å². The van der Waals surface area contributed by atoms with Gasteiger partial charge in [0.2, 0.25) is 0 Å². The quantitative estimate of drug-likeness (QED) is 0.461. The first-order valence-electron chi connectivity index (χ1n) is 7.63. The van der Waals surface area contributed by atoms with Crippen LogP contribution in [-0.2, 0) is 0 Å². The second kappa shape index (κ2) is 8.09. The van der Waals surface area contributed by atoms with E-state index >= 15 is 0 Å². The van der Waals surface area contributed by atoms with Crippen molar-refractivity contribution in [2.75, 3.05) is 5.32 Å². The van der Waals surface area contributed by atoms with Crippen LogP contribution in [0.25, 0.3) is 0 Å². The Balaban J connectivity index is 1.73. The van der Waals surface area contributed by atoms with E-state index < -0.39 is 0 Å². The fraction of sp³-hybridized carbons (Fsp3) is 0.0500. The van der Waals surface area contributed by atoms with Crippen LogP contribution in [0.4, 0.5) is 5.69 Å². The lowest BCUT2D eigenvalue weighted by atomic mass is 10.0. The van der Waals surface area contributed by atoms with E-state index in [2.05, 4.69) is 33.9 Å². The van der Waals surface area contributed by atoms with Gasteiger partial charge >= 0.3 is 0 Å². The van der Waals surface area contributed by atoms with Crippen LogP contribution in [0.3, 0.4) is 0 Å². The van der Waals surface area contributed by atoms with E-state index in [0.29, 0.717) is 10.6 Å². The molecule has 5 heteroatoms. The summed E-state index contributed by atoms with van der Waals surface area (Å²) in [5.41, 5.74) is 3.42. The first-order valence-corrected chi connectivity index (χ1v) is 9.32. The van der Waals surface area contributed by atoms with Crippen LogP contribution in [0.15, 0.2) is 77.3 Å². The highest BCUT2D eigenvalue weighted by molar-refractivity contribution is 9.10. The molecule has 3 aromatic carbocycles. The van der Waals surface area contributed by atoms with Crippen LogP contribution in [0.5, 0.6) is 0 Å². The average Bonchev–Trinajstić information content (AvgIpc) is 2.62. The maximum atomic E-state index is 12.4. The second-order valence-corrected chi connectivity index (χ2v) is 7.41. The van der Waals surface area contributed by atoms with Crippen molar-refractivity contribution in [1.82, 2.24) is 0 Å². The maximum absolute atomic E-state index is 12.4. The van der Waals surface area contributed by atoms with Crippen LogP contribution < -0.4 is 5.32 Å². The van der Waals surface area contributed by atoms with E-state index in [0.717, 1.165) is 21.3 Å². The normalized spacial score (nSPS) is 11.8. The van der Waals surface area contributed by atoms with Gasteiger partial charge in [-0.3, -0.25) is 4.79 Å². The number of benzene rings is 3. The van der Waals surface area contributed by atoms with Gasteiger partial charge in [0.15, 0.2) is 0 Å². The molecule has 0 heterocycles. The van der Waals surface area contributed by atoms with Crippen molar-refractivity contribution in [1.29, 1.82) is 0 Å². The summed E-state index contributed by atoms with van der Waals surface area (Å²) < 4.78 is 0.918. The molecule has 1 N–H and O–H groups in total. The van der Waals surface area contributed by atoms with Crippen molar-refractivity contribution in [2.24, 2.45) is 0 Å². The number of hydrogen-bond acceptors (Lipinski definition) is 2. The predicted octanol–water partition coefficient (Wildman–Crippen LogP) is 6.37. The lowest BCUT2D eigenvalue weighted by molar-refractivity contribution is 0.102. The van der Waals surface area contributed by atoms with Gasteiger partial charge < -0.3 is 5.32 Å². The molecule has 0 spiro atoms. The van der Waals surface area contributed by atoms with E-state index in [1.165, 1.54) is 0 Å². The van der Waals surface area contributed by atoms with Gasteiger partial charge in [-0.1, -0.05) is 57.9 Å². The summed E-state index contributed by atoms with van der Waals surface area (Å²) >= 11 is 14.0. The first-order chi connectivity index (χ1) is 12.0. The molecule has 0 aliphatic rings. The molecule has 1 unspecified atom stereocenters. The van der Waals surface area contributed by atoms with Gasteiger partial charge in [-0.25, -0.2) is 0 Å². The van der Waals surface area contributed by atoms with Crippen molar-refractivity contribution in [3.8, 4) is 0 Å². The Morgan fingerprint density at radius 3 is 2.16 bits per heavy atom. The summed E-state index contributed by atoms with van der Waals surface area (Å²) in [7, 11) is 0. The van der Waals surface area contributed by atoms with E-state index in [1.54, 1.807) is 0 Å². The molecule has 126 valence electrons. The number of nitrogens with one attached hydrogen (secondary N) is 1. The van der Waals surface area contributed by atoms with Crippen molar-refractivity contribution >= 4 is 51.8 Å². The van der Waals surface area contributed by atoms with E-state index in [9.17, 15) is 4.79 Å². The van der Waals surface area contributed by atoms with Crippen molar-refractivity contribution in [2.45, 2.75) is 5.25 Å².